The van der Waals surface area contributed by atoms with E-state index in [1.807, 2.05) is 31.6 Å². The summed E-state index contributed by atoms with van der Waals surface area (Å²) in [6.45, 7) is 4.08. The normalized spacial score (nSPS) is 12.7. The fourth-order valence-electron chi connectivity index (χ4n) is 3.14. The predicted molar refractivity (Wildman–Crippen MR) is 120 cm³/mol. The van der Waals surface area contributed by atoms with Gasteiger partial charge in [0, 0.05) is 18.0 Å². The average molecular weight is 431 g/mol. The summed E-state index contributed by atoms with van der Waals surface area (Å²) in [6, 6.07) is 6.16. The van der Waals surface area contributed by atoms with Gasteiger partial charge in [-0.15, -0.1) is 11.3 Å². The molecule has 1 atom stereocenters. The molecule has 0 aliphatic carbocycles. The van der Waals surface area contributed by atoms with Crippen molar-refractivity contribution in [1.29, 1.82) is 0 Å². The second kappa shape index (κ2) is 7.87. The molecular formula is C20H22N4OS3. The van der Waals surface area contributed by atoms with Crippen molar-refractivity contribution in [2.45, 2.75) is 30.9 Å². The zero-order valence-corrected chi connectivity index (χ0v) is 18.5. The molecule has 146 valence electrons. The van der Waals surface area contributed by atoms with Crippen LogP contribution in [0.3, 0.4) is 0 Å². The highest BCUT2D eigenvalue weighted by atomic mass is 32.2. The number of fused-ring (bicyclic) bond motifs is 1. The van der Waals surface area contributed by atoms with Crippen LogP contribution in [0.4, 0.5) is 5.69 Å². The van der Waals surface area contributed by atoms with E-state index in [-0.39, 0.29) is 0 Å². The number of unbranched alkanes of at least 4 members (excludes halogenated alkanes) is 1. The van der Waals surface area contributed by atoms with Gasteiger partial charge in [-0.3, -0.25) is 0 Å². The quantitative estimate of drug-likeness (QED) is 0.425. The van der Waals surface area contributed by atoms with Gasteiger partial charge in [0.2, 0.25) is 4.21 Å². The highest BCUT2D eigenvalue weighted by Gasteiger charge is 2.25. The first kappa shape index (κ1) is 19.4. The van der Waals surface area contributed by atoms with Gasteiger partial charge in [0.1, 0.15) is 22.1 Å². The molecule has 8 heteroatoms. The Labute approximate surface area is 175 Å². The second-order valence-electron chi connectivity index (χ2n) is 6.67. The molecule has 0 bridgehead atoms. The van der Waals surface area contributed by atoms with Crippen LogP contribution in [0.25, 0.3) is 32.0 Å². The molecule has 0 aliphatic rings. The smallest absolute Gasteiger partial charge is 0.232 e. The SMILES string of the molecule is CCCC[S+]([O-])c1sc2nc(-c3cccs3)cc(-c3cnc(C)n3C)c2c1N. The number of anilines is 1. The Morgan fingerprint density at radius 1 is 1.36 bits per heavy atom. The Hall–Kier alpha value is -1.87. The van der Waals surface area contributed by atoms with Crippen LogP contribution in [0.5, 0.6) is 0 Å². The zero-order chi connectivity index (χ0) is 19.8. The molecule has 0 amide bonds. The third kappa shape index (κ3) is 3.34. The number of aryl methyl sites for hydroxylation is 1. The predicted octanol–water partition coefficient (Wildman–Crippen LogP) is 5.22. The van der Waals surface area contributed by atoms with Gasteiger partial charge < -0.3 is 14.9 Å². The summed E-state index contributed by atoms with van der Waals surface area (Å²) in [6.07, 6.45) is 3.80. The number of hydrogen-bond donors (Lipinski definition) is 1. The average Bonchev–Trinajstić information content (AvgIpc) is 3.41. The molecule has 0 spiro atoms. The van der Waals surface area contributed by atoms with Gasteiger partial charge in [-0.05, 0) is 42.0 Å². The highest BCUT2D eigenvalue weighted by Crippen LogP contribution is 2.43. The highest BCUT2D eigenvalue weighted by molar-refractivity contribution is 7.93. The summed E-state index contributed by atoms with van der Waals surface area (Å²) in [5.41, 5.74) is 10.00. The molecule has 4 aromatic heterocycles. The Kier molecular flexibility index (Phi) is 5.46. The minimum atomic E-state index is -1.10. The van der Waals surface area contributed by atoms with Gasteiger partial charge in [-0.1, -0.05) is 30.7 Å². The van der Waals surface area contributed by atoms with Crippen LogP contribution in [-0.2, 0) is 18.2 Å². The lowest BCUT2D eigenvalue weighted by Crippen LogP contribution is -2.07. The summed E-state index contributed by atoms with van der Waals surface area (Å²) in [5.74, 6) is 1.56. The molecule has 0 radical (unpaired) electrons. The van der Waals surface area contributed by atoms with Crippen LogP contribution >= 0.6 is 22.7 Å². The molecule has 0 saturated carbocycles. The maximum absolute atomic E-state index is 12.8. The van der Waals surface area contributed by atoms with Crippen molar-refractivity contribution in [1.82, 2.24) is 14.5 Å². The minimum absolute atomic E-state index is 0.591. The molecule has 4 aromatic rings. The molecule has 5 nitrogen and oxygen atoms in total. The van der Waals surface area contributed by atoms with Gasteiger partial charge in [-0.2, -0.15) is 0 Å². The van der Waals surface area contributed by atoms with Gasteiger partial charge in [0.05, 0.1) is 22.5 Å². The van der Waals surface area contributed by atoms with Crippen LogP contribution in [0.15, 0.2) is 34.0 Å². The van der Waals surface area contributed by atoms with Crippen molar-refractivity contribution in [3.05, 3.63) is 35.6 Å². The lowest BCUT2D eigenvalue weighted by molar-refractivity contribution is 0.594. The number of hydrogen-bond acceptors (Lipinski definition) is 6. The van der Waals surface area contributed by atoms with Gasteiger partial charge >= 0.3 is 0 Å². The Balaban J connectivity index is 1.96. The van der Waals surface area contributed by atoms with E-state index >= 15 is 0 Å². The Morgan fingerprint density at radius 2 is 2.18 bits per heavy atom. The summed E-state index contributed by atoms with van der Waals surface area (Å²) in [5, 5.41) is 2.93. The molecule has 0 fully saturated rings. The molecule has 0 aromatic carbocycles. The first-order chi connectivity index (χ1) is 13.5. The van der Waals surface area contributed by atoms with Crippen molar-refractivity contribution in [2.75, 3.05) is 11.5 Å². The van der Waals surface area contributed by atoms with Crippen molar-refractivity contribution in [3.8, 4) is 21.8 Å². The number of nitrogens with zero attached hydrogens (tertiary/aromatic N) is 3. The topological polar surface area (TPSA) is 79.8 Å². The third-order valence-electron chi connectivity index (χ3n) is 4.82. The zero-order valence-electron chi connectivity index (χ0n) is 16.1. The standard InChI is InChI=1S/C20H22N4OS3/c1-4-5-9-28(25)20-18(21)17-13(15-11-22-12(2)24(15)3)10-14(23-19(17)27-20)16-7-6-8-26-16/h6-8,10-11H,4-5,9,21H2,1-3H3. The van der Waals surface area contributed by atoms with Crippen molar-refractivity contribution >= 4 is 49.8 Å². The van der Waals surface area contributed by atoms with E-state index in [2.05, 4.69) is 28.6 Å². The Bertz CT molecular complexity index is 1110. The van der Waals surface area contributed by atoms with E-state index in [1.54, 1.807) is 11.3 Å². The number of pyridine rings is 1. The minimum Gasteiger partial charge on any atom is -0.611 e. The summed E-state index contributed by atoms with van der Waals surface area (Å²) >= 11 is 2.01. The number of thiophene rings is 2. The second-order valence-corrected chi connectivity index (χ2v) is 10.4. The first-order valence-corrected chi connectivity index (χ1v) is 12.2. The molecule has 0 saturated heterocycles. The molecular weight excluding hydrogens is 408 g/mol. The van der Waals surface area contributed by atoms with Crippen molar-refractivity contribution in [3.63, 3.8) is 0 Å². The van der Waals surface area contributed by atoms with Crippen LogP contribution < -0.4 is 5.73 Å². The molecule has 0 aliphatic heterocycles. The largest absolute Gasteiger partial charge is 0.611 e. The number of imidazole rings is 1. The number of nitrogens with two attached hydrogens (primary N) is 1. The molecule has 2 N–H and O–H groups in total. The van der Waals surface area contributed by atoms with E-state index in [1.165, 1.54) is 11.3 Å². The van der Waals surface area contributed by atoms with E-state index in [0.29, 0.717) is 11.4 Å². The molecule has 4 heterocycles. The number of rotatable bonds is 6. The number of aromatic nitrogens is 3. The lowest BCUT2D eigenvalue weighted by Gasteiger charge is -2.10. The fraction of sp³-hybridized carbons (Fsp3) is 0.300. The molecule has 1 unspecified atom stereocenters. The van der Waals surface area contributed by atoms with E-state index in [9.17, 15) is 4.55 Å². The molecule has 4 rings (SSSR count). The molecule has 28 heavy (non-hydrogen) atoms. The summed E-state index contributed by atoms with van der Waals surface area (Å²) < 4.78 is 15.6. The van der Waals surface area contributed by atoms with E-state index in [0.717, 1.165) is 54.9 Å². The maximum atomic E-state index is 12.8. The van der Waals surface area contributed by atoms with Gasteiger partial charge in [0.15, 0.2) is 0 Å². The van der Waals surface area contributed by atoms with Crippen molar-refractivity contribution in [2.24, 2.45) is 7.05 Å². The monoisotopic (exact) mass is 430 g/mol. The van der Waals surface area contributed by atoms with E-state index < -0.39 is 11.2 Å². The van der Waals surface area contributed by atoms with Gasteiger partial charge in [-0.25, -0.2) is 9.97 Å². The third-order valence-corrected chi connectivity index (χ3v) is 8.71. The summed E-state index contributed by atoms with van der Waals surface area (Å²) in [4.78, 5) is 11.3. The van der Waals surface area contributed by atoms with E-state index in [4.69, 9.17) is 10.7 Å². The fourth-order valence-corrected chi connectivity index (χ4v) is 6.62. The van der Waals surface area contributed by atoms with Crippen LogP contribution in [0.1, 0.15) is 25.6 Å². The lowest BCUT2D eigenvalue weighted by atomic mass is 10.1. The van der Waals surface area contributed by atoms with Gasteiger partial charge in [0.25, 0.3) is 0 Å². The Morgan fingerprint density at radius 3 is 2.82 bits per heavy atom. The first-order valence-electron chi connectivity index (χ1n) is 9.15. The maximum Gasteiger partial charge on any atom is 0.232 e. The number of nitrogen functional groups attached to an aromatic ring is 1. The van der Waals surface area contributed by atoms with Crippen LogP contribution in [0.2, 0.25) is 0 Å². The van der Waals surface area contributed by atoms with Crippen LogP contribution in [-0.4, -0.2) is 24.8 Å². The van der Waals surface area contributed by atoms with Crippen LogP contribution in [0, 0.1) is 6.92 Å². The van der Waals surface area contributed by atoms with Crippen molar-refractivity contribution < 1.29 is 4.55 Å². The summed E-state index contributed by atoms with van der Waals surface area (Å²) in [7, 11) is 2.00.